The Morgan fingerprint density at radius 3 is 2.86 bits per heavy atom. The largest absolute Gasteiger partial charge is 0.493 e. The summed E-state index contributed by atoms with van der Waals surface area (Å²) in [5.41, 5.74) is 2.72. The maximum absolute atomic E-state index is 6.27. The molecule has 1 aliphatic carbocycles. The molecule has 29 heavy (non-hydrogen) atoms. The van der Waals surface area contributed by atoms with Crippen molar-refractivity contribution in [3.63, 3.8) is 0 Å². The highest BCUT2D eigenvalue weighted by atomic mass is 35.5. The first-order chi connectivity index (χ1) is 13.8. The second-order valence-corrected chi connectivity index (χ2v) is 8.20. The van der Waals surface area contributed by atoms with E-state index in [0.717, 1.165) is 44.1 Å². The van der Waals surface area contributed by atoms with E-state index in [1.54, 1.807) is 7.11 Å². The number of benzene rings is 1. The van der Waals surface area contributed by atoms with Crippen molar-refractivity contribution in [3.8, 4) is 5.75 Å². The maximum Gasteiger partial charge on any atom is 0.119 e. The highest BCUT2D eigenvalue weighted by molar-refractivity contribution is 5.85. The molecular formula is C23H32ClN3O2. The first kappa shape index (κ1) is 22.0. The fraction of sp³-hybridized carbons (Fsp3) is 0.522. The van der Waals surface area contributed by atoms with Gasteiger partial charge in [0, 0.05) is 57.1 Å². The molecule has 2 fully saturated rings. The minimum atomic E-state index is 0. The van der Waals surface area contributed by atoms with Gasteiger partial charge in [-0.05, 0) is 42.2 Å². The van der Waals surface area contributed by atoms with Gasteiger partial charge in [0.1, 0.15) is 5.75 Å². The summed E-state index contributed by atoms with van der Waals surface area (Å²) >= 11 is 0. The Labute approximate surface area is 180 Å². The number of pyridine rings is 1. The predicted molar refractivity (Wildman–Crippen MR) is 118 cm³/mol. The van der Waals surface area contributed by atoms with Crippen LogP contribution in [0.2, 0.25) is 0 Å². The van der Waals surface area contributed by atoms with E-state index in [-0.39, 0.29) is 17.8 Å². The molecule has 6 heteroatoms. The normalized spacial score (nSPS) is 21.1. The lowest BCUT2D eigenvalue weighted by atomic mass is 9.68. The monoisotopic (exact) mass is 417 g/mol. The molecule has 1 saturated heterocycles. The second kappa shape index (κ2) is 10.4. The molecule has 1 unspecified atom stereocenters. The van der Waals surface area contributed by atoms with Gasteiger partial charge in [0.2, 0.25) is 0 Å². The van der Waals surface area contributed by atoms with Crippen LogP contribution in [0.1, 0.15) is 36.4 Å². The number of rotatable bonds is 8. The van der Waals surface area contributed by atoms with Crippen molar-refractivity contribution in [1.82, 2.24) is 15.2 Å². The number of nitrogens with zero attached hydrogens (tertiary/aromatic N) is 2. The van der Waals surface area contributed by atoms with E-state index < -0.39 is 0 Å². The number of aromatic nitrogens is 1. The Kier molecular flexibility index (Phi) is 7.90. The van der Waals surface area contributed by atoms with Gasteiger partial charge in [-0.25, -0.2) is 0 Å². The topological polar surface area (TPSA) is 46.6 Å². The molecule has 0 amide bonds. The van der Waals surface area contributed by atoms with Crippen LogP contribution in [0.15, 0.2) is 48.8 Å². The van der Waals surface area contributed by atoms with E-state index in [2.05, 4.69) is 39.5 Å². The third-order valence-electron chi connectivity index (χ3n) is 6.13. The van der Waals surface area contributed by atoms with Gasteiger partial charge >= 0.3 is 0 Å². The number of methoxy groups -OCH3 is 1. The van der Waals surface area contributed by atoms with Gasteiger partial charge in [-0.2, -0.15) is 0 Å². The molecular weight excluding hydrogens is 386 g/mol. The van der Waals surface area contributed by atoms with Crippen LogP contribution < -0.4 is 10.1 Å². The zero-order chi connectivity index (χ0) is 19.2. The molecule has 5 nitrogen and oxygen atoms in total. The summed E-state index contributed by atoms with van der Waals surface area (Å²) in [5.74, 6) is 0.949. The lowest BCUT2D eigenvalue weighted by molar-refractivity contribution is -0.00270. The molecule has 1 N–H and O–H groups in total. The molecule has 1 aromatic carbocycles. The van der Waals surface area contributed by atoms with Crippen LogP contribution in [0, 0.1) is 5.41 Å². The summed E-state index contributed by atoms with van der Waals surface area (Å²) in [6, 6.07) is 12.9. The molecule has 0 radical (unpaired) electrons. The van der Waals surface area contributed by atoms with Crippen LogP contribution in [0.5, 0.6) is 5.75 Å². The van der Waals surface area contributed by atoms with Gasteiger partial charge in [-0.15, -0.1) is 12.4 Å². The molecule has 4 rings (SSSR count). The van der Waals surface area contributed by atoms with Gasteiger partial charge in [0.05, 0.1) is 13.2 Å². The van der Waals surface area contributed by atoms with Crippen molar-refractivity contribution in [3.05, 3.63) is 59.9 Å². The number of nitrogens with one attached hydrogen (secondary N) is 1. The minimum Gasteiger partial charge on any atom is -0.493 e. The SMILES string of the molecule is COCc1cccc(OCC2(CN3CCNCC3c3cccnc3)CCC2)c1.Cl. The summed E-state index contributed by atoms with van der Waals surface area (Å²) in [6.45, 7) is 5.61. The van der Waals surface area contributed by atoms with Crippen LogP contribution in [0.4, 0.5) is 0 Å². The minimum absolute atomic E-state index is 0. The van der Waals surface area contributed by atoms with E-state index in [4.69, 9.17) is 9.47 Å². The van der Waals surface area contributed by atoms with Crippen molar-refractivity contribution in [1.29, 1.82) is 0 Å². The summed E-state index contributed by atoms with van der Waals surface area (Å²) in [6.07, 6.45) is 7.65. The first-order valence-corrected chi connectivity index (χ1v) is 10.3. The van der Waals surface area contributed by atoms with Gasteiger partial charge in [0.15, 0.2) is 0 Å². The van der Waals surface area contributed by atoms with E-state index >= 15 is 0 Å². The van der Waals surface area contributed by atoms with E-state index in [9.17, 15) is 0 Å². The van der Waals surface area contributed by atoms with E-state index in [1.807, 2.05) is 24.5 Å². The van der Waals surface area contributed by atoms with Crippen molar-refractivity contribution in [2.45, 2.75) is 31.9 Å². The third kappa shape index (κ3) is 5.48. The quantitative estimate of drug-likeness (QED) is 0.707. The van der Waals surface area contributed by atoms with Crippen molar-refractivity contribution >= 4 is 12.4 Å². The number of halogens is 1. The Balaban J connectivity index is 0.00000240. The Morgan fingerprint density at radius 1 is 1.24 bits per heavy atom. The maximum atomic E-state index is 6.27. The zero-order valence-corrected chi connectivity index (χ0v) is 18.0. The molecule has 0 spiro atoms. The standard InChI is InChI=1S/C23H31N3O2.ClH/c1-27-16-19-5-2-7-21(13-19)28-18-23(8-4-9-23)17-26-12-11-25-15-22(26)20-6-3-10-24-14-20;/h2-3,5-7,10,13-14,22,25H,4,8-9,11-12,15-18H2,1H3;1H. The molecule has 158 valence electrons. The smallest absolute Gasteiger partial charge is 0.119 e. The Morgan fingerprint density at radius 2 is 2.14 bits per heavy atom. The van der Waals surface area contributed by atoms with Crippen LogP contribution in [0.25, 0.3) is 0 Å². The van der Waals surface area contributed by atoms with Gasteiger partial charge in [-0.3, -0.25) is 9.88 Å². The number of ether oxygens (including phenoxy) is 2. The molecule has 2 aromatic rings. The Hall–Kier alpha value is -1.66. The molecule has 1 atom stereocenters. The highest BCUT2D eigenvalue weighted by Gasteiger charge is 2.41. The summed E-state index contributed by atoms with van der Waals surface area (Å²) in [4.78, 5) is 6.97. The predicted octanol–water partition coefficient (Wildman–Crippen LogP) is 3.85. The summed E-state index contributed by atoms with van der Waals surface area (Å²) in [7, 11) is 1.73. The molecule has 1 aliphatic heterocycles. The van der Waals surface area contributed by atoms with Gasteiger partial charge < -0.3 is 14.8 Å². The fourth-order valence-corrected chi connectivity index (χ4v) is 4.42. The average molecular weight is 418 g/mol. The average Bonchev–Trinajstić information content (AvgIpc) is 2.71. The van der Waals surface area contributed by atoms with Crippen molar-refractivity contribution in [2.75, 3.05) is 39.9 Å². The van der Waals surface area contributed by atoms with Crippen molar-refractivity contribution in [2.24, 2.45) is 5.41 Å². The molecule has 0 bridgehead atoms. The zero-order valence-electron chi connectivity index (χ0n) is 17.2. The van der Waals surface area contributed by atoms with Crippen molar-refractivity contribution < 1.29 is 9.47 Å². The van der Waals surface area contributed by atoms with Gasteiger partial charge in [0.25, 0.3) is 0 Å². The lowest BCUT2D eigenvalue weighted by Crippen LogP contribution is -2.53. The summed E-state index contributed by atoms with van der Waals surface area (Å²) < 4.78 is 11.5. The van der Waals surface area contributed by atoms with Gasteiger partial charge in [-0.1, -0.05) is 24.6 Å². The highest BCUT2D eigenvalue weighted by Crippen LogP contribution is 2.43. The van der Waals surface area contributed by atoms with Crippen LogP contribution >= 0.6 is 12.4 Å². The second-order valence-electron chi connectivity index (χ2n) is 8.20. The van der Waals surface area contributed by atoms with E-state index in [0.29, 0.717) is 12.6 Å². The van der Waals surface area contributed by atoms with Crippen LogP contribution in [0.3, 0.4) is 0 Å². The molecule has 2 heterocycles. The number of hydrogen-bond acceptors (Lipinski definition) is 5. The fourth-order valence-electron chi connectivity index (χ4n) is 4.42. The molecule has 1 saturated carbocycles. The lowest BCUT2D eigenvalue weighted by Gasteiger charge is -2.48. The third-order valence-corrected chi connectivity index (χ3v) is 6.13. The van der Waals surface area contributed by atoms with Crippen LogP contribution in [-0.4, -0.2) is 49.8 Å². The number of hydrogen-bond donors (Lipinski definition) is 1. The van der Waals surface area contributed by atoms with Crippen LogP contribution in [-0.2, 0) is 11.3 Å². The summed E-state index contributed by atoms with van der Waals surface area (Å²) in [5, 5.41) is 3.55. The Bertz CT molecular complexity index is 755. The molecule has 2 aliphatic rings. The van der Waals surface area contributed by atoms with E-state index in [1.165, 1.54) is 24.8 Å². The number of piperazine rings is 1. The molecule has 1 aromatic heterocycles. The first-order valence-electron chi connectivity index (χ1n) is 10.3.